The fourth-order valence-electron chi connectivity index (χ4n) is 1.97. The molecule has 1 atom stereocenters. The van der Waals surface area contributed by atoms with Crippen LogP contribution in [0.1, 0.15) is 50.0 Å². The van der Waals surface area contributed by atoms with Gasteiger partial charge < -0.3 is 9.63 Å². The van der Waals surface area contributed by atoms with E-state index >= 15 is 0 Å². The van der Waals surface area contributed by atoms with Gasteiger partial charge in [0.25, 0.3) is 0 Å². The average molecular weight is 275 g/mol. The minimum absolute atomic E-state index is 0.156. The molecule has 0 aliphatic carbocycles. The van der Waals surface area contributed by atoms with Gasteiger partial charge in [0.05, 0.1) is 6.54 Å². The third-order valence-corrected chi connectivity index (χ3v) is 3.38. The van der Waals surface area contributed by atoms with E-state index in [0.29, 0.717) is 18.3 Å². The number of phenols is 1. The Kier molecular flexibility index (Phi) is 4.39. The van der Waals surface area contributed by atoms with Gasteiger partial charge in [-0.1, -0.05) is 31.1 Å². The number of rotatable bonds is 5. The van der Waals surface area contributed by atoms with E-state index in [1.165, 1.54) is 0 Å². The van der Waals surface area contributed by atoms with Crippen molar-refractivity contribution >= 4 is 0 Å². The van der Waals surface area contributed by atoms with Crippen molar-refractivity contribution in [2.75, 3.05) is 7.05 Å². The third-order valence-electron chi connectivity index (χ3n) is 3.38. The predicted molar refractivity (Wildman–Crippen MR) is 76.4 cm³/mol. The molecule has 2 rings (SSSR count). The highest BCUT2D eigenvalue weighted by molar-refractivity contribution is 5.29. The lowest BCUT2D eigenvalue weighted by Crippen LogP contribution is -2.22. The fraction of sp³-hybridized carbons (Fsp3) is 0.467. The molecular weight excluding hydrogens is 254 g/mol. The molecule has 0 spiro atoms. The van der Waals surface area contributed by atoms with Crippen molar-refractivity contribution in [2.45, 2.75) is 39.3 Å². The number of nitrogens with zero attached hydrogens (tertiary/aromatic N) is 3. The first-order valence-electron chi connectivity index (χ1n) is 6.79. The first-order chi connectivity index (χ1) is 9.47. The predicted octanol–water partition coefficient (Wildman–Crippen LogP) is 3.09. The van der Waals surface area contributed by atoms with Gasteiger partial charge in [-0.2, -0.15) is 4.98 Å². The van der Waals surface area contributed by atoms with Gasteiger partial charge >= 0.3 is 0 Å². The summed E-state index contributed by atoms with van der Waals surface area (Å²) in [5, 5.41) is 13.5. The van der Waals surface area contributed by atoms with Crippen LogP contribution in [0.4, 0.5) is 0 Å². The summed E-state index contributed by atoms with van der Waals surface area (Å²) in [6, 6.07) is 7.45. The van der Waals surface area contributed by atoms with E-state index in [9.17, 15) is 5.11 Å². The molecule has 1 aromatic carbocycles. The minimum atomic E-state index is 0.156. The maximum Gasteiger partial charge on any atom is 0.229 e. The topological polar surface area (TPSA) is 62.4 Å². The zero-order chi connectivity index (χ0) is 14.7. The quantitative estimate of drug-likeness (QED) is 0.908. The highest BCUT2D eigenvalue weighted by Crippen LogP contribution is 2.23. The van der Waals surface area contributed by atoms with E-state index in [-0.39, 0.29) is 17.7 Å². The van der Waals surface area contributed by atoms with Crippen molar-refractivity contribution in [1.29, 1.82) is 0 Å². The van der Waals surface area contributed by atoms with Crippen molar-refractivity contribution in [2.24, 2.45) is 0 Å². The molecule has 0 bridgehead atoms. The lowest BCUT2D eigenvalue weighted by Gasteiger charge is -2.23. The molecule has 2 aromatic rings. The van der Waals surface area contributed by atoms with Crippen LogP contribution in [0.25, 0.3) is 0 Å². The first-order valence-corrected chi connectivity index (χ1v) is 6.79. The summed E-state index contributed by atoms with van der Waals surface area (Å²) < 4.78 is 5.20. The number of hydrogen-bond acceptors (Lipinski definition) is 5. The molecule has 1 N–H and O–H groups in total. The van der Waals surface area contributed by atoms with Gasteiger partial charge in [0.1, 0.15) is 5.75 Å². The van der Waals surface area contributed by atoms with Crippen LogP contribution in [-0.2, 0) is 6.54 Å². The summed E-state index contributed by atoms with van der Waals surface area (Å²) in [5.41, 5.74) is 1.06. The van der Waals surface area contributed by atoms with Gasteiger partial charge in [0.2, 0.25) is 5.89 Å². The molecule has 0 aliphatic heterocycles. The number of phenolic OH excluding ortho intramolecular Hbond substituents is 1. The molecule has 5 nitrogen and oxygen atoms in total. The Morgan fingerprint density at radius 2 is 2.05 bits per heavy atom. The molecular formula is C15H21N3O2. The molecule has 0 radical (unpaired) electrons. The summed E-state index contributed by atoms with van der Waals surface area (Å²) >= 11 is 0. The van der Waals surface area contributed by atoms with Gasteiger partial charge in [-0.3, -0.25) is 4.90 Å². The van der Waals surface area contributed by atoms with E-state index in [4.69, 9.17) is 4.52 Å². The third kappa shape index (κ3) is 3.36. The average Bonchev–Trinajstić information content (AvgIpc) is 2.86. The Morgan fingerprint density at radius 3 is 2.65 bits per heavy atom. The summed E-state index contributed by atoms with van der Waals surface area (Å²) in [7, 11) is 2.00. The zero-order valence-corrected chi connectivity index (χ0v) is 12.4. The lowest BCUT2D eigenvalue weighted by atomic mass is 10.1. The Bertz CT molecular complexity index is 566. The molecule has 108 valence electrons. The summed E-state index contributed by atoms with van der Waals surface area (Å²) in [6.45, 7) is 6.73. The van der Waals surface area contributed by atoms with Crippen molar-refractivity contribution in [3.63, 3.8) is 0 Å². The maximum atomic E-state index is 9.54. The van der Waals surface area contributed by atoms with E-state index in [0.717, 1.165) is 5.56 Å². The SMILES string of the molecule is CC(C)c1nc(CN(C)C(C)c2cccc(O)c2)no1. The van der Waals surface area contributed by atoms with E-state index in [1.54, 1.807) is 12.1 Å². The molecule has 0 saturated heterocycles. The molecule has 0 saturated carbocycles. The van der Waals surface area contributed by atoms with E-state index < -0.39 is 0 Å². The van der Waals surface area contributed by atoms with Crippen LogP contribution in [-0.4, -0.2) is 27.2 Å². The molecule has 1 heterocycles. The molecule has 20 heavy (non-hydrogen) atoms. The smallest absolute Gasteiger partial charge is 0.229 e. The molecule has 5 heteroatoms. The second kappa shape index (κ2) is 6.05. The Hall–Kier alpha value is -1.88. The van der Waals surface area contributed by atoms with Crippen molar-refractivity contribution in [1.82, 2.24) is 15.0 Å². The van der Waals surface area contributed by atoms with Gasteiger partial charge in [-0.05, 0) is 31.7 Å². The zero-order valence-electron chi connectivity index (χ0n) is 12.4. The first kappa shape index (κ1) is 14.5. The van der Waals surface area contributed by atoms with E-state index in [2.05, 4.69) is 22.0 Å². The Labute approximate surface area is 119 Å². The summed E-state index contributed by atoms with van der Waals surface area (Å²) in [6.07, 6.45) is 0. The van der Waals surface area contributed by atoms with Crippen LogP contribution in [0, 0.1) is 0 Å². The van der Waals surface area contributed by atoms with Crippen molar-refractivity contribution in [3.8, 4) is 5.75 Å². The van der Waals surface area contributed by atoms with Crippen molar-refractivity contribution in [3.05, 3.63) is 41.5 Å². The number of aromatic hydroxyl groups is 1. The normalized spacial score (nSPS) is 13.1. The van der Waals surface area contributed by atoms with E-state index in [1.807, 2.05) is 33.0 Å². The van der Waals surface area contributed by atoms with Gasteiger partial charge in [0.15, 0.2) is 5.82 Å². The number of benzene rings is 1. The highest BCUT2D eigenvalue weighted by Gasteiger charge is 2.16. The van der Waals surface area contributed by atoms with Gasteiger partial charge in [-0.25, -0.2) is 0 Å². The molecule has 0 amide bonds. The molecule has 1 unspecified atom stereocenters. The monoisotopic (exact) mass is 275 g/mol. The summed E-state index contributed by atoms with van der Waals surface area (Å²) in [4.78, 5) is 6.49. The Morgan fingerprint density at radius 1 is 1.30 bits per heavy atom. The van der Waals surface area contributed by atoms with Crippen LogP contribution < -0.4 is 0 Å². The van der Waals surface area contributed by atoms with Gasteiger partial charge in [-0.15, -0.1) is 0 Å². The van der Waals surface area contributed by atoms with Crippen LogP contribution in [0.5, 0.6) is 5.75 Å². The standard InChI is InChI=1S/C15H21N3O2/c1-10(2)15-16-14(17-20-15)9-18(4)11(3)12-6-5-7-13(19)8-12/h5-8,10-11,19H,9H2,1-4H3. The second-order valence-electron chi connectivity index (χ2n) is 5.39. The number of hydrogen-bond donors (Lipinski definition) is 1. The maximum absolute atomic E-state index is 9.54. The fourth-order valence-corrected chi connectivity index (χ4v) is 1.97. The van der Waals surface area contributed by atoms with Crippen LogP contribution >= 0.6 is 0 Å². The highest BCUT2D eigenvalue weighted by atomic mass is 16.5. The molecule has 0 fully saturated rings. The lowest BCUT2D eigenvalue weighted by molar-refractivity contribution is 0.242. The Balaban J connectivity index is 2.05. The largest absolute Gasteiger partial charge is 0.508 e. The minimum Gasteiger partial charge on any atom is -0.508 e. The molecule has 0 aliphatic rings. The van der Waals surface area contributed by atoms with Crippen LogP contribution in [0.3, 0.4) is 0 Å². The van der Waals surface area contributed by atoms with Crippen LogP contribution in [0.2, 0.25) is 0 Å². The van der Waals surface area contributed by atoms with Crippen LogP contribution in [0.15, 0.2) is 28.8 Å². The van der Waals surface area contributed by atoms with Crippen molar-refractivity contribution < 1.29 is 9.63 Å². The second-order valence-corrected chi connectivity index (χ2v) is 5.39. The molecule has 1 aromatic heterocycles. The van der Waals surface area contributed by atoms with Gasteiger partial charge in [0, 0.05) is 12.0 Å². The number of aromatic nitrogens is 2. The summed E-state index contributed by atoms with van der Waals surface area (Å²) in [5.74, 6) is 1.87.